The summed E-state index contributed by atoms with van der Waals surface area (Å²) >= 11 is 0. The molecule has 4 aliphatic carbocycles. The fraction of sp³-hybridized carbons (Fsp3) is 0.733. The largest absolute Gasteiger partial charge is 0.478 e. The summed E-state index contributed by atoms with van der Waals surface area (Å²) in [6.45, 7) is 1.42. The molecule has 4 fully saturated rings. The van der Waals surface area contributed by atoms with Crippen molar-refractivity contribution in [2.45, 2.75) is 51.0 Å². The standard InChI is InChI=1S/C15H20O4/c1-9(14(17)18)2-13(16)19-15-6-10-3-11(7-15)5-12(4-10)8-15/h2,10-12H,3-8H2,1H3,(H,17,18)/b9-2+. The van der Waals surface area contributed by atoms with Gasteiger partial charge in [0.15, 0.2) is 0 Å². The van der Waals surface area contributed by atoms with Crippen LogP contribution in [-0.4, -0.2) is 22.6 Å². The number of carboxylic acids is 1. The monoisotopic (exact) mass is 264 g/mol. The van der Waals surface area contributed by atoms with Gasteiger partial charge in [-0.2, -0.15) is 0 Å². The number of esters is 1. The number of ether oxygens (including phenoxy) is 1. The maximum Gasteiger partial charge on any atom is 0.331 e. The molecule has 4 saturated carbocycles. The summed E-state index contributed by atoms with van der Waals surface area (Å²) < 4.78 is 5.69. The molecule has 4 rings (SSSR count). The van der Waals surface area contributed by atoms with Crippen LogP contribution in [0.25, 0.3) is 0 Å². The van der Waals surface area contributed by atoms with E-state index in [2.05, 4.69) is 0 Å². The highest BCUT2D eigenvalue weighted by Gasteiger charge is 2.53. The lowest BCUT2D eigenvalue weighted by Gasteiger charge is -2.55. The lowest BCUT2D eigenvalue weighted by atomic mass is 9.54. The Hall–Kier alpha value is -1.32. The number of rotatable bonds is 3. The smallest absolute Gasteiger partial charge is 0.331 e. The van der Waals surface area contributed by atoms with E-state index >= 15 is 0 Å². The highest BCUT2D eigenvalue weighted by molar-refractivity contribution is 5.94. The zero-order chi connectivity index (χ0) is 13.6. The Morgan fingerprint density at radius 3 is 2.00 bits per heavy atom. The molecule has 0 spiro atoms. The molecule has 4 heteroatoms. The summed E-state index contributed by atoms with van der Waals surface area (Å²) in [6.07, 6.45) is 7.92. The van der Waals surface area contributed by atoms with Crippen LogP contribution < -0.4 is 0 Å². The zero-order valence-corrected chi connectivity index (χ0v) is 11.2. The fourth-order valence-corrected chi connectivity index (χ4v) is 4.64. The van der Waals surface area contributed by atoms with Gasteiger partial charge in [0.1, 0.15) is 5.60 Å². The molecule has 4 bridgehead atoms. The molecule has 0 heterocycles. The van der Waals surface area contributed by atoms with E-state index in [0.29, 0.717) is 17.8 Å². The van der Waals surface area contributed by atoms with Crippen molar-refractivity contribution in [3.63, 3.8) is 0 Å². The van der Waals surface area contributed by atoms with Gasteiger partial charge in [-0.25, -0.2) is 9.59 Å². The fourth-order valence-electron chi connectivity index (χ4n) is 4.64. The van der Waals surface area contributed by atoms with Crippen molar-refractivity contribution in [3.8, 4) is 0 Å². The van der Waals surface area contributed by atoms with Gasteiger partial charge in [0, 0.05) is 11.6 Å². The third-order valence-corrected chi connectivity index (χ3v) is 4.97. The number of carbonyl (C=O) groups is 2. The predicted octanol–water partition coefficient (Wildman–Crippen LogP) is 2.53. The molecular formula is C15H20O4. The normalized spacial score (nSPS) is 40.3. The van der Waals surface area contributed by atoms with Crippen LogP contribution in [0.1, 0.15) is 45.4 Å². The minimum atomic E-state index is -1.07. The minimum absolute atomic E-state index is 0.0368. The molecule has 0 aliphatic heterocycles. The lowest BCUT2D eigenvalue weighted by molar-refractivity contribution is -0.181. The van der Waals surface area contributed by atoms with Crippen LogP contribution in [0.2, 0.25) is 0 Å². The Labute approximate surface area is 112 Å². The van der Waals surface area contributed by atoms with E-state index in [9.17, 15) is 9.59 Å². The van der Waals surface area contributed by atoms with Crippen molar-refractivity contribution in [1.82, 2.24) is 0 Å². The third kappa shape index (κ3) is 2.40. The van der Waals surface area contributed by atoms with Crippen LogP contribution in [0.15, 0.2) is 11.6 Å². The van der Waals surface area contributed by atoms with E-state index in [1.54, 1.807) is 0 Å². The van der Waals surface area contributed by atoms with E-state index in [1.807, 2.05) is 0 Å². The van der Waals surface area contributed by atoms with E-state index < -0.39 is 11.9 Å². The van der Waals surface area contributed by atoms with Crippen molar-refractivity contribution >= 4 is 11.9 Å². The van der Waals surface area contributed by atoms with Crippen molar-refractivity contribution in [2.75, 3.05) is 0 Å². The first-order valence-electron chi connectivity index (χ1n) is 7.10. The van der Waals surface area contributed by atoms with Crippen LogP contribution >= 0.6 is 0 Å². The molecule has 104 valence electrons. The van der Waals surface area contributed by atoms with Gasteiger partial charge in [-0.15, -0.1) is 0 Å². The highest BCUT2D eigenvalue weighted by atomic mass is 16.6. The van der Waals surface area contributed by atoms with Gasteiger partial charge in [-0.3, -0.25) is 0 Å². The van der Waals surface area contributed by atoms with Gasteiger partial charge in [-0.05, 0) is 63.2 Å². The lowest BCUT2D eigenvalue weighted by Crippen LogP contribution is -2.52. The molecule has 1 N–H and O–H groups in total. The number of hydrogen-bond donors (Lipinski definition) is 1. The summed E-state index contributed by atoms with van der Waals surface area (Å²) in [5.41, 5.74) is -0.254. The van der Waals surface area contributed by atoms with Crippen molar-refractivity contribution in [3.05, 3.63) is 11.6 Å². The second-order valence-corrected chi connectivity index (χ2v) is 6.65. The Bertz CT molecular complexity index is 414. The molecule has 0 atom stereocenters. The van der Waals surface area contributed by atoms with Gasteiger partial charge >= 0.3 is 11.9 Å². The van der Waals surface area contributed by atoms with Gasteiger partial charge in [0.25, 0.3) is 0 Å². The highest BCUT2D eigenvalue weighted by Crippen LogP contribution is 2.57. The molecule has 0 radical (unpaired) electrons. The van der Waals surface area contributed by atoms with E-state index in [-0.39, 0.29) is 11.2 Å². The molecule has 4 nitrogen and oxygen atoms in total. The van der Waals surface area contributed by atoms with Gasteiger partial charge < -0.3 is 9.84 Å². The molecule has 0 aromatic carbocycles. The summed E-state index contributed by atoms with van der Waals surface area (Å²) in [5.74, 6) is 0.583. The first kappa shape index (κ1) is 12.7. The average molecular weight is 264 g/mol. The van der Waals surface area contributed by atoms with Crippen LogP contribution in [0, 0.1) is 17.8 Å². The molecule has 0 aromatic rings. The first-order valence-corrected chi connectivity index (χ1v) is 7.10. The number of carboxylic acid groups (broad SMARTS) is 1. The number of hydrogen-bond acceptors (Lipinski definition) is 3. The van der Waals surface area contributed by atoms with E-state index in [1.165, 1.54) is 26.2 Å². The summed E-state index contributed by atoms with van der Waals surface area (Å²) in [6, 6.07) is 0. The van der Waals surface area contributed by atoms with Crippen LogP contribution in [0.5, 0.6) is 0 Å². The molecule has 4 aliphatic rings. The summed E-state index contributed by atoms with van der Waals surface area (Å²) in [4.78, 5) is 22.6. The number of carbonyl (C=O) groups excluding carboxylic acids is 1. The van der Waals surface area contributed by atoms with Crippen LogP contribution in [0.4, 0.5) is 0 Å². The molecule has 0 amide bonds. The summed E-state index contributed by atoms with van der Waals surface area (Å²) in [5, 5.41) is 8.78. The van der Waals surface area contributed by atoms with Gasteiger partial charge in [0.05, 0.1) is 0 Å². The Morgan fingerprint density at radius 1 is 1.11 bits per heavy atom. The Balaban J connectivity index is 1.71. The van der Waals surface area contributed by atoms with Gasteiger partial charge in [0.2, 0.25) is 0 Å². The predicted molar refractivity (Wildman–Crippen MR) is 68.4 cm³/mol. The zero-order valence-electron chi connectivity index (χ0n) is 11.2. The quantitative estimate of drug-likeness (QED) is 0.628. The topological polar surface area (TPSA) is 63.6 Å². The van der Waals surface area contributed by atoms with Crippen molar-refractivity contribution < 1.29 is 19.4 Å². The Kier molecular flexibility index (Phi) is 2.91. The first-order chi connectivity index (χ1) is 8.96. The molecule has 19 heavy (non-hydrogen) atoms. The van der Waals surface area contributed by atoms with Gasteiger partial charge in [-0.1, -0.05) is 0 Å². The number of aliphatic carboxylic acids is 1. The molecule has 0 aromatic heterocycles. The van der Waals surface area contributed by atoms with Crippen molar-refractivity contribution in [2.24, 2.45) is 17.8 Å². The second-order valence-electron chi connectivity index (χ2n) is 6.65. The van der Waals surface area contributed by atoms with E-state index in [0.717, 1.165) is 25.3 Å². The molecule has 0 unspecified atom stereocenters. The van der Waals surface area contributed by atoms with E-state index in [4.69, 9.17) is 9.84 Å². The molecular weight excluding hydrogens is 244 g/mol. The maximum absolute atomic E-state index is 11.9. The van der Waals surface area contributed by atoms with Crippen LogP contribution in [-0.2, 0) is 14.3 Å². The SMILES string of the molecule is C/C(=C\C(=O)OC12CC3CC(CC(C3)C1)C2)C(=O)O. The summed E-state index contributed by atoms with van der Waals surface area (Å²) in [7, 11) is 0. The molecule has 0 saturated heterocycles. The van der Waals surface area contributed by atoms with Crippen LogP contribution in [0.3, 0.4) is 0 Å². The average Bonchev–Trinajstić information content (AvgIpc) is 2.25. The van der Waals surface area contributed by atoms with Crippen molar-refractivity contribution in [1.29, 1.82) is 0 Å². The minimum Gasteiger partial charge on any atom is -0.478 e. The second kappa shape index (κ2) is 4.36. The Morgan fingerprint density at radius 2 is 1.58 bits per heavy atom. The third-order valence-electron chi connectivity index (χ3n) is 4.97. The maximum atomic E-state index is 11.9.